The quantitative estimate of drug-likeness (QED) is 0.693. The molecule has 1 aliphatic heterocycles. The van der Waals surface area contributed by atoms with E-state index in [-0.39, 0.29) is 18.2 Å². The number of benzene rings is 1. The first-order valence-electron chi connectivity index (χ1n) is 6.99. The molecule has 0 saturated heterocycles. The summed E-state index contributed by atoms with van der Waals surface area (Å²) in [7, 11) is 0. The number of hydrogen-bond donors (Lipinski definition) is 3. The van der Waals surface area contributed by atoms with Crippen molar-refractivity contribution in [1.29, 1.82) is 0 Å². The average Bonchev–Trinajstić information content (AvgIpc) is 2.45. The maximum Gasteiger partial charge on any atom is 0.303 e. The third-order valence-corrected chi connectivity index (χ3v) is 3.37. The van der Waals surface area contributed by atoms with Gasteiger partial charge >= 0.3 is 5.97 Å². The van der Waals surface area contributed by atoms with Crippen LogP contribution in [0.4, 0.5) is 5.69 Å². The lowest BCUT2D eigenvalue weighted by Crippen LogP contribution is -2.25. The second-order valence-corrected chi connectivity index (χ2v) is 5.03. The molecule has 0 bridgehead atoms. The standard InChI is InChI=1S/C15H18N2O4/c18-13-7-5-10-9-11(4-6-12(10)17-13)15(21)16-8-2-1-3-14(19)20/h4,6,9H,1-3,5,7-8H2,(H,16,21)(H,17,18)(H,19,20). The van der Waals surface area contributed by atoms with Crippen molar-refractivity contribution in [2.75, 3.05) is 11.9 Å². The number of nitrogens with one attached hydrogen (secondary N) is 2. The summed E-state index contributed by atoms with van der Waals surface area (Å²) in [6, 6.07) is 5.21. The zero-order valence-electron chi connectivity index (χ0n) is 11.6. The molecule has 0 saturated carbocycles. The molecule has 3 N–H and O–H groups in total. The van der Waals surface area contributed by atoms with Crippen molar-refractivity contribution in [3.8, 4) is 0 Å². The van der Waals surface area contributed by atoms with E-state index in [0.29, 0.717) is 37.8 Å². The average molecular weight is 290 g/mol. The van der Waals surface area contributed by atoms with Crippen molar-refractivity contribution < 1.29 is 19.5 Å². The minimum absolute atomic E-state index is 0.00173. The molecular weight excluding hydrogens is 272 g/mol. The second-order valence-electron chi connectivity index (χ2n) is 5.03. The topological polar surface area (TPSA) is 95.5 Å². The molecular formula is C15H18N2O4. The van der Waals surface area contributed by atoms with E-state index < -0.39 is 5.97 Å². The normalized spacial score (nSPS) is 13.2. The minimum Gasteiger partial charge on any atom is -0.481 e. The number of carbonyl (C=O) groups excluding carboxylic acids is 2. The van der Waals surface area contributed by atoms with Crippen LogP contribution in [0.25, 0.3) is 0 Å². The molecule has 0 aliphatic carbocycles. The van der Waals surface area contributed by atoms with Crippen molar-refractivity contribution in [2.24, 2.45) is 0 Å². The Morgan fingerprint density at radius 3 is 2.81 bits per heavy atom. The van der Waals surface area contributed by atoms with Crippen molar-refractivity contribution in [2.45, 2.75) is 32.1 Å². The highest BCUT2D eigenvalue weighted by Gasteiger charge is 2.16. The number of carbonyl (C=O) groups is 3. The maximum atomic E-state index is 12.0. The Morgan fingerprint density at radius 1 is 1.24 bits per heavy atom. The van der Waals surface area contributed by atoms with Gasteiger partial charge in [0.2, 0.25) is 5.91 Å². The van der Waals surface area contributed by atoms with Crippen molar-refractivity contribution >= 4 is 23.5 Å². The molecule has 0 radical (unpaired) electrons. The van der Waals surface area contributed by atoms with Crippen LogP contribution in [0.15, 0.2) is 18.2 Å². The monoisotopic (exact) mass is 290 g/mol. The predicted octanol–water partition coefficient (Wildman–Crippen LogP) is 1.56. The van der Waals surface area contributed by atoms with Crippen LogP contribution in [0, 0.1) is 0 Å². The Kier molecular flexibility index (Phi) is 4.92. The van der Waals surface area contributed by atoms with Gasteiger partial charge in [-0.3, -0.25) is 14.4 Å². The van der Waals surface area contributed by atoms with Gasteiger partial charge in [-0.2, -0.15) is 0 Å². The predicted molar refractivity (Wildman–Crippen MR) is 77.2 cm³/mol. The van der Waals surface area contributed by atoms with Gasteiger partial charge in [0, 0.05) is 30.6 Å². The molecule has 6 heteroatoms. The highest BCUT2D eigenvalue weighted by atomic mass is 16.4. The molecule has 112 valence electrons. The molecule has 0 fully saturated rings. The number of aliphatic carboxylic acids is 1. The third-order valence-electron chi connectivity index (χ3n) is 3.37. The van der Waals surface area contributed by atoms with Crippen molar-refractivity contribution in [3.05, 3.63) is 29.3 Å². The van der Waals surface area contributed by atoms with E-state index >= 15 is 0 Å². The van der Waals surface area contributed by atoms with E-state index in [0.717, 1.165) is 11.3 Å². The summed E-state index contributed by atoms with van der Waals surface area (Å²) in [5, 5.41) is 14.1. The number of carboxylic acid groups (broad SMARTS) is 1. The van der Waals surface area contributed by atoms with Gasteiger partial charge in [-0.15, -0.1) is 0 Å². The molecule has 1 heterocycles. The van der Waals surface area contributed by atoms with E-state index in [9.17, 15) is 14.4 Å². The van der Waals surface area contributed by atoms with Gasteiger partial charge in [0.15, 0.2) is 0 Å². The first-order chi connectivity index (χ1) is 10.1. The number of carboxylic acids is 1. The smallest absolute Gasteiger partial charge is 0.303 e. The van der Waals surface area contributed by atoms with E-state index in [4.69, 9.17) is 5.11 Å². The van der Waals surface area contributed by atoms with E-state index in [1.165, 1.54) is 0 Å². The fourth-order valence-corrected chi connectivity index (χ4v) is 2.23. The van der Waals surface area contributed by atoms with Gasteiger partial charge in [0.1, 0.15) is 0 Å². The third kappa shape index (κ3) is 4.30. The number of amides is 2. The van der Waals surface area contributed by atoms with Crippen LogP contribution in [0.3, 0.4) is 0 Å². The summed E-state index contributed by atoms with van der Waals surface area (Å²) in [5.74, 6) is -0.999. The fourth-order valence-electron chi connectivity index (χ4n) is 2.23. The molecule has 21 heavy (non-hydrogen) atoms. The first-order valence-corrected chi connectivity index (χ1v) is 6.99. The van der Waals surface area contributed by atoms with E-state index in [1.807, 2.05) is 0 Å². The molecule has 0 spiro atoms. The maximum absolute atomic E-state index is 12.0. The van der Waals surface area contributed by atoms with E-state index in [1.54, 1.807) is 18.2 Å². The van der Waals surface area contributed by atoms with E-state index in [2.05, 4.69) is 10.6 Å². The Labute approximate surface area is 122 Å². The fraction of sp³-hybridized carbons (Fsp3) is 0.400. The van der Waals surface area contributed by atoms with Crippen molar-refractivity contribution in [1.82, 2.24) is 5.32 Å². The van der Waals surface area contributed by atoms with Crippen LogP contribution < -0.4 is 10.6 Å². The molecule has 2 amide bonds. The van der Waals surface area contributed by atoms with Crippen LogP contribution in [0.2, 0.25) is 0 Å². The SMILES string of the molecule is O=C(O)CCCCNC(=O)c1ccc2c(c1)CCC(=O)N2. The zero-order valence-corrected chi connectivity index (χ0v) is 11.6. The largest absolute Gasteiger partial charge is 0.481 e. The van der Waals surface area contributed by atoms with Gasteiger partial charge in [-0.1, -0.05) is 0 Å². The van der Waals surface area contributed by atoms with Gasteiger partial charge in [-0.05, 0) is 43.0 Å². The van der Waals surface area contributed by atoms with Crippen LogP contribution in [-0.2, 0) is 16.0 Å². The molecule has 2 rings (SSSR count). The number of fused-ring (bicyclic) bond motifs is 1. The summed E-state index contributed by atoms with van der Waals surface area (Å²) >= 11 is 0. The van der Waals surface area contributed by atoms with Gasteiger partial charge in [-0.25, -0.2) is 0 Å². The number of anilines is 1. The summed E-state index contributed by atoms with van der Waals surface area (Å²) in [4.78, 5) is 33.6. The Hall–Kier alpha value is -2.37. The van der Waals surface area contributed by atoms with Crippen LogP contribution in [0.1, 0.15) is 41.6 Å². The number of aryl methyl sites for hydroxylation is 1. The lowest BCUT2D eigenvalue weighted by molar-refractivity contribution is -0.137. The number of rotatable bonds is 6. The molecule has 0 aromatic heterocycles. The number of hydrogen-bond acceptors (Lipinski definition) is 3. The summed E-state index contributed by atoms with van der Waals surface area (Å²) in [6.07, 6.45) is 2.38. The van der Waals surface area contributed by atoms with Gasteiger partial charge in [0.05, 0.1) is 0 Å². The Bertz CT molecular complexity index is 569. The Balaban J connectivity index is 1.85. The molecule has 0 unspecified atom stereocenters. The molecule has 6 nitrogen and oxygen atoms in total. The highest BCUT2D eigenvalue weighted by Crippen LogP contribution is 2.23. The summed E-state index contributed by atoms with van der Waals surface area (Å²) in [6.45, 7) is 0.458. The van der Waals surface area contributed by atoms with Gasteiger partial charge < -0.3 is 15.7 Å². The molecule has 1 aliphatic rings. The van der Waals surface area contributed by atoms with Crippen LogP contribution >= 0.6 is 0 Å². The van der Waals surface area contributed by atoms with Crippen LogP contribution in [0.5, 0.6) is 0 Å². The lowest BCUT2D eigenvalue weighted by atomic mass is 10.00. The summed E-state index contributed by atoms with van der Waals surface area (Å²) in [5.41, 5.74) is 2.29. The van der Waals surface area contributed by atoms with Crippen LogP contribution in [-0.4, -0.2) is 29.4 Å². The molecule has 1 aromatic carbocycles. The van der Waals surface area contributed by atoms with Gasteiger partial charge in [0.25, 0.3) is 5.91 Å². The Morgan fingerprint density at radius 2 is 2.05 bits per heavy atom. The first kappa shape index (κ1) is 15.0. The minimum atomic E-state index is -0.821. The molecule has 1 aromatic rings. The second kappa shape index (κ2) is 6.88. The lowest BCUT2D eigenvalue weighted by Gasteiger charge is -2.17. The zero-order chi connectivity index (χ0) is 15.2. The molecule has 0 atom stereocenters. The summed E-state index contributed by atoms with van der Waals surface area (Å²) < 4.78 is 0. The highest BCUT2D eigenvalue weighted by molar-refractivity contribution is 5.97. The number of unbranched alkanes of at least 4 members (excludes halogenated alkanes) is 1. The van der Waals surface area contributed by atoms with Crippen molar-refractivity contribution in [3.63, 3.8) is 0 Å².